The quantitative estimate of drug-likeness (QED) is 0.220. The van der Waals surface area contributed by atoms with Gasteiger partial charge in [-0.25, -0.2) is 12.0 Å². The number of benzene rings is 3. The molecule has 3 aliphatic rings. The Kier molecular flexibility index (Phi) is 14.0. The van der Waals surface area contributed by atoms with Crippen LogP contribution in [0.3, 0.4) is 0 Å². The number of fused-ring (bicyclic) bond motifs is 1. The van der Waals surface area contributed by atoms with Crippen molar-refractivity contribution < 1.29 is 21.7 Å². The second-order valence-electron chi connectivity index (χ2n) is 9.66. The van der Waals surface area contributed by atoms with Gasteiger partial charge in [0.05, 0.1) is 0 Å². The maximum absolute atomic E-state index is 3.72. The largest absolute Gasteiger partial charge is 4.00 e. The van der Waals surface area contributed by atoms with Crippen molar-refractivity contribution in [2.45, 2.75) is 58.3 Å². The van der Waals surface area contributed by atoms with Gasteiger partial charge in [-0.05, 0) is 31.6 Å². The SMILES string of the molecule is CCC1C2=C(CCC[CH-]2)C2=C1CCCC2.[CH2-]c1ccccc1.[CH2-]c1ccccc1.[CH2-]c1ccccc1.[Ti+4]. The number of hydrogen-bond donors (Lipinski definition) is 0. The van der Waals surface area contributed by atoms with Crippen LogP contribution in [0.4, 0.5) is 0 Å². The standard InChI is InChI=1S/C15H21.3C7H7.Ti/c1-2-11-12-7-3-5-9-14(12)15-10-6-4-8-13(11)15;3*1-7-5-3-2-4-6-7;/h7,11H,2-6,8-10H2,1H3;3*2-6H,1H2;/q4*-1;+4. The minimum atomic E-state index is 0. The zero-order valence-electron chi connectivity index (χ0n) is 22.6. The van der Waals surface area contributed by atoms with E-state index in [4.69, 9.17) is 0 Å². The van der Waals surface area contributed by atoms with Gasteiger partial charge in [0.15, 0.2) is 0 Å². The molecule has 0 bridgehead atoms. The molecule has 0 N–H and O–H groups in total. The molecule has 1 atom stereocenters. The Labute approximate surface area is 242 Å². The van der Waals surface area contributed by atoms with E-state index in [0.29, 0.717) is 0 Å². The van der Waals surface area contributed by atoms with E-state index in [1.807, 2.05) is 96.6 Å². The first-order valence-corrected chi connectivity index (χ1v) is 13.5. The molecular formula is C36H42Ti. The van der Waals surface area contributed by atoms with Gasteiger partial charge in [-0.3, -0.25) is 0 Å². The topological polar surface area (TPSA) is 0 Å². The third-order valence-corrected chi connectivity index (χ3v) is 6.95. The second kappa shape index (κ2) is 17.0. The summed E-state index contributed by atoms with van der Waals surface area (Å²) in [4.78, 5) is 0. The zero-order valence-corrected chi connectivity index (χ0v) is 24.2. The first kappa shape index (κ1) is 30.6. The summed E-state index contributed by atoms with van der Waals surface area (Å²) in [5, 5.41) is 0. The van der Waals surface area contributed by atoms with E-state index in [1.54, 1.807) is 16.7 Å². The summed E-state index contributed by atoms with van der Waals surface area (Å²) in [5.74, 6) is 0.829. The monoisotopic (exact) mass is 522 g/mol. The van der Waals surface area contributed by atoms with Crippen LogP contribution in [0.2, 0.25) is 0 Å². The Morgan fingerprint density at radius 1 is 0.622 bits per heavy atom. The van der Waals surface area contributed by atoms with Gasteiger partial charge in [-0.15, -0.1) is 48.4 Å². The van der Waals surface area contributed by atoms with E-state index in [-0.39, 0.29) is 21.7 Å². The number of rotatable bonds is 1. The first-order chi connectivity index (χ1) is 17.6. The van der Waals surface area contributed by atoms with E-state index in [1.165, 1.54) is 51.4 Å². The normalized spacial score (nSPS) is 17.1. The van der Waals surface area contributed by atoms with Crippen molar-refractivity contribution in [3.63, 3.8) is 0 Å². The maximum Gasteiger partial charge on any atom is 4.00 e. The molecule has 3 aromatic carbocycles. The molecule has 6 rings (SSSR count). The fourth-order valence-electron chi connectivity index (χ4n) is 5.23. The Hall–Kier alpha value is -2.67. The van der Waals surface area contributed by atoms with Crippen LogP contribution in [0.5, 0.6) is 0 Å². The van der Waals surface area contributed by atoms with Crippen molar-refractivity contribution in [1.29, 1.82) is 0 Å². The minimum Gasteiger partial charge on any atom is -0.226 e. The van der Waals surface area contributed by atoms with E-state index >= 15 is 0 Å². The molecule has 0 amide bonds. The molecule has 3 aromatic rings. The third-order valence-electron chi connectivity index (χ3n) is 6.95. The molecule has 0 spiro atoms. The van der Waals surface area contributed by atoms with E-state index < -0.39 is 0 Å². The van der Waals surface area contributed by atoms with Gasteiger partial charge in [0, 0.05) is 0 Å². The summed E-state index contributed by atoms with van der Waals surface area (Å²) < 4.78 is 0. The Morgan fingerprint density at radius 2 is 1.05 bits per heavy atom. The molecule has 1 heteroatoms. The summed E-state index contributed by atoms with van der Waals surface area (Å²) in [6.45, 7) is 13.5. The Morgan fingerprint density at radius 3 is 1.46 bits per heavy atom. The fraction of sp³-hybridized carbons (Fsp3) is 0.278. The number of hydrogen-bond acceptors (Lipinski definition) is 0. The van der Waals surface area contributed by atoms with Crippen LogP contribution in [0.15, 0.2) is 113 Å². The van der Waals surface area contributed by atoms with Gasteiger partial charge in [-0.1, -0.05) is 50.0 Å². The molecule has 0 heterocycles. The second-order valence-corrected chi connectivity index (χ2v) is 9.66. The molecule has 0 saturated carbocycles. The van der Waals surface area contributed by atoms with E-state index in [9.17, 15) is 0 Å². The third kappa shape index (κ3) is 9.96. The summed E-state index contributed by atoms with van der Waals surface area (Å²) >= 11 is 0. The van der Waals surface area contributed by atoms with Crippen LogP contribution in [-0.2, 0) is 21.7 Å². The molecule has 190 valence electrons. The summed E-state index contributed by atoms with van der Waals surface area (Å²) in [5.41, 5.74) is 10.4. The van der Waals surface area contributed by atoms with Crippen LogP contribution < -0.4 is 0 Å². The van der Waals surface area contributed by atoms with Crippen molar-refractivity contribution in [3.05, 3.63) is 157 Å². The average molecular weight is 523 g/mol. The molecule has 0 saturated heterocycles. The van der Waals surface area contributed by atoms with Gasteiger partial charge in [0.25, 0.3) is 0 Å². The van der Waals surface area contributed by atoms with Crippen molar-refractivity contribution in [2.24, 2.45) is 5.92 Å². The van der Waals surface area contributed by atoms with Crippen LogP contribution in [-0.4, -0.2) is 0 Å². The minimum absolute atomic E-state index is 0. The van der Waals surface area contributed by atoms with Gasteiger partial charge in [0.1, 0.15) is 0 Å². The molecule has 0 aromatic heterocycles. The molecular weight excluding hydrogens is 480 g/mol. The van der Waals surface area contributed by atoms with Gasteiger partial charge in [0.2, 0.25) is 0 Å². The van der Waals surface area contributed by atoms with Crippen molar-refractivity contribution in [3.8, 4) is 0 Å². The molecule has 37 heavy (non-hydrogen) atoms. The van der Waals surface area contributed by atoms with E-state index in [0.717, 1.165) is 22.6 Å². The van der Waals surface area contributed by atoms with Crippen LogP contribution >= 0.6 is 0 Å². The Balaban J connectivity index is 0.000000187. The summed E-state index contributed by atoms with van der Waals surface area (Å²) in [6, 6.07) is 29.6. The van der Waals surface area contributed by atoms with Crippen LogP contribution in [0, 0.1) is 33.1 Å². The van der Waals surface area contributed by atoms with Crippen molar-refractivity contribution in [2.75, 3.05) is 0 Å². The Bertz CT molecular complexity index is 956. The van der Waals surface area contributed by atoms with Gasteiger partial charge in [-0.2, -0.15) is 79.4 Å². The smallest absolute Gasteiger partial charge is 0.226 e. The van der Waals surface area contributed by atoms with Crippen LogP contribution in [0.25, 0.3) is 0 Å². The maximum atomic E-state index is 3.72. The predicted molar refractivity (Wildman–Crippen MR) is 157 cm³/mol. The fourth-order valence-corrected chi connectivity index (χ4v) is 5.23. The van der Waals surface area contributed by atoms with Gasteiger partial charge < -0.3 is 0 Å². The molecule has 1 unspecified atom stereocenters. The number of allylic oxidation sites excluding steroid dienone is 4. The molecule has 3 aliphatic carbocycles. The molecule has 0 nitrogen and oxygen atoms in total. The van der Waals surface area contributed by atoms with Crippen LogP contribution in [0.1, 0.15) is 75.0 Å². The van der Waals surface area contributed by atoms with Gasteiger partial charge >= 0.3 is 21.7 Å². The summed E-state index contributed by atoms with van der Waals surface area (Å²) in [6.07, 6.45) is 13.6. The average Bonchev–Trinajstić information content (AvgIpc) is 3.25. The molecule has 0 radical (unpaired) electrons. The zero-order chi connectivity index (χ0) is 25.6. The molecule has 0 fully saturated rings. The predicted octanol–water partition coefficient (Wildman–Crippen LogP) is 10.2. The summed E-state index contributed by atoms with van der Waals surface area (Å²) in [7, 11) is 0. The first-order valence-electron chi connectivity index (χ1n) is 13.5. The van der Waals surface area contributed by atoms with Crippen molar-refractivity contribution >= 4 is 0 Å². The van der Waals surface area contributed by atoms with Crippen molar-refractivity contribution in [1.82, 2.24) is 0 Å². The van der Waals surface area contributed by atoms with E-state index in [2.05, 4.69) is 34.1 Å². The molecule has 0 aliphatic heterocycles.